The van der Waals surface area contributed by atoms with Crippen LogP contribution < -0.4 is 0 Å². The number of rotatable bonds is 4. The lowest BCUT2D eigenvalue weighted by atomic mass is 9.76. The summed E-state index contributed by atoms with van der Waals surface area (Å²) in [6.45, 7) is 2.21. The lowest BCUT2D eigenvalue weighted by molar-refractivity contribution is 0.0263. The summed E-state index contributed by atoms with van der Waals surface area (Å²) in [6.07, 6.45) is 8.57. The highest BCUT2D eigenvalue weighted by Gasteiger charge is 2.38. The van der Waals surface area contributed by atoms with Gasteiger partial charge in [0, 0.05) is 17.5 Å². The monoisotopic (exact) mass is 225 g/mol. The van der Waals surface area contributed by atoms with E-state index >= 15 is 0 Å². The lowest BCUT2D eigenvalue weighted by Crippen LogP contribution is -2.33. The molecule has 1 saturated carbocycles. The number of aromatic nitrogens is 1. The van der Waals surface area contributed by atoms with Crippen LogP contribution in [0.25, 0.3) is 0 Å². The second-order valence-corrected chi connectivity index (χ2v) is 5.58. The summed E-state index contributed by atoms with van der Waals surface area (Å²) < 4.78 is 0. The van der Waals surface area contributed by atoms with E-state index in [1.165, 1.54) is 30.6 Å². The molecule has 0 spiro atoms. The smallest absolute Gasteiger partial charge is 0.0794 e. The SMILES string of the molecule is CCC1(C(O)Cc2cncs2)CCCC1. The van der Waals surface area contributed by atoms with Crippen molar-refractivity contribution < 1.29 is 5.11 Å². The van der Waals surface area contributed by atoms with Crippen molar-refractivity contribution in [1.29, 1.82) is 0 Å². The van der Waals surface area contributed by atoms with E-state index in [1.54, 1.807) is 11.3 Å². The zero-order chi connectivity index (χ0) is 10.7. The van der Waals surface area contributed by atoms with Gasteiger partial charge in [-0.25, -0.2) is 0 Å². The Hall–Kier alpha value is -0.410. The molecule has 1 aromatic heterocycles. The molecule has 1 unspecified atom stereocenters. The molecule has 1 aliphatic rings. The van der Waals surface area contributed by atoms with E-state index in [4.69, 9.17) is 0 Å². The van der Waals surface area contributed by atoms with Crippen LogP contribution in [0.5, 0.6) is 0 Å². The molecule has 1 aromatic rings. The minimum atomic E-state index is -0.176. The van der Waals surface area contributed by atoms with E-state index in [9.17, 15) is 5.11 Å². The highest BCUT2D eigenvalue weighted by molar-refractivity contribution is 7.09. The Morgan fingerprint density at radius 2 is 2.27 bits per heavy atom. The molecule has 15 heavy (non-hydrogen) atoms. The van der Waals surface area contributed by atoms with E-state index in [0.717, 1.165) is 12.8 Å². The van der Waals surface area contributed by atoms with Gasteiger partial charge >= 0.3 is 0 Å². The quantitative estimate of drug-likeness (QED) is 0.854. The van der Waals surface area contributed by atoms with E-state index in [-0.39, 0.29) is 11.5 Å². The summed E-state index contributed by atoms with van der Waals surface area (Å²) in [7, 11) is 0. The molecule has 0 aromatic carbocycles. The summed E-state index contributed by atoms with van der Waals surface area (Å²) >= 11 is 1.65. The van der Waals surface area contributed by atoms with Crippen molar-refractivity contribution in [1.82, 2.24) is 4.98 Å². The molecule has 0 bridgehead atoms. The maximum absolute atomic E-state index is 10.4. The molecule has 0 aliphatic heterocycles. The van der Waals surface area contributed by atoms with E-state index in [0.29, 0.717) is 0 Å². The highest BCUT2D eigenvalue weighted by Crippen LogP contribution is 2.44. The molecule has 1 atom stereocenters. The molecule has 3 heteroatoms. The molecule has 1 N–H and O–H groups in total. The molecule has 0 radical (unpaired) electrons. The van der Waals surface area contributed by atoms with Crippen LogP contribution in [0, 0.1) is 5.41 Å². The van der Waals surface area contributed by atoms with Crippen molar-refractivity contribution in [2.45, 2.75) is 51.6 Å². The number of nitrogens with zero attached hydrogens (tertiary/aromatic N) is 1. The zero-order valence-electron chi connectivity index (χ0n) is 9.28. The zero-order valence-corrected chi connectivity index (χ0v) is 10.1. The molecular formula is C12H19NOS. The second kappa shape index (κ2) is 4.62. The van der Waals surface area contributed by atoms with Gasteiger partial charge < -0.3 is 5.11 Å². The van der Waals surface area contributed by atoms with Gasteiger partial charge in [-0.1, -0.05) is 19.8 Å². The lowest BCUT2D eigenvalue weighted by Gasteiger charge is -2.33. The van der Waals surface area contributed by atoms with Gasteiger partial charge in [0.15, 0.2) is 0 Å². The summed E-state index contributed by atoms with van der Waals surface area (Å²) in [5, 5.41) is 10.4. The summed E-state index contributed by atoms with van der Waals surface area (Å²) in [5.74, 6) is 0. The Labute approximate surface area is 95.4 Å². The summed E-state index contributed by atoms with van der Waals surface area (Å²) in [6, 6.07) is 0. The first-order valence-electron chi connectivity index (χ1n) is 5.82. The van der Waals surface area contributed by atoms with Gasteiger partial charge in [0.05, 0.1) is 11.6 Å². The molecular weight excluding hydrogens is 206 g/mol. The number of hydrogen-bond acceptors (Lipinski definition) is 3. The third-order valence-corrected chi connectivity index (χ3v) is 4.69. The first kappa shape index (κ1) is 11.1. The van der Waals surface area contributed by atoms with E-state index in [2.05, 4.69) is 11.9 Å². The predicted molar refractivity (Wildman–Crippen MR) is 63.0 cm³/mol. The molecule has 1 heterocycles. The molecule has 0 saturated heterocycles. The van der Waals surface area contributed by atoms with Gasteiger partial charge in [0.2, 0.25) is 0 Å². The van der Waals surface area contributed by atoms with Crippen molar-refractivity contribution in [3.63, 3.8) is 0 Å². The fraction of sp³-hybridized carbons (Fsp3) is 0.750. The van der Waals surface area contributed by atoms with Crippen LogP contribution in [0.15, 0.2) is 11.7 Å². The largest absolute Gasteiger partial charge is 0.392 e. The summed E-state index contributed by atoms with van der Waals surface area (Å²) in [5.41, 5.74) is 2.04. The Bertz CT molecular complexity index is 291. The van der Waals surface area contributed by atoms with Gasteiger partial charge in [-0.3, -0.25) is 4.98 Å². The van der Waals surface area contributed by atoms with Gasteiger partial charge in [0.1, 0.15) is 0 Å². The fourth-order valence-corrected chi connectivity index (χ4v) is 3.38. The Kier molecular flexibility index (Phi) is 3.42. The van der Waals surface area contributed by atoms with Crippen LogP contribution in [0.3, 0.4) is 0 Å². The molecule has 0 amide bonds. The fourth-order valence-electron chi connectivity index (χ4n) is 2.75. The average molecular weight is 225 g/mol. The number of aliphatic hydroxyl groups is 1. The molecule has 1 fully saturated rings. The minimum Gasteiger partial charge on any atom is -0.392 e. The maximum Gasteiger partial charge on any atom is 0.0794 e. The van der Waals surface area contributed by atoms with Crippen molar-refractivity contribution in [2.24, 2.45) is 5.41 Å². The second-order valence-electron chi connectivity index (χ2n) is 4.61. The van der Waals surface area contributed by atoms with Crippen LogP contribution in [0.2, 0.25) is 0 Å². The van der Waals surface area contributed by atoms with Crippen molar-refractivity contribution in [3.05, 3.63) is 16.6 Å². The van der Waals surface area contributed by atoms with Gasteiger partial charge in [-0.2, -0.15) is 0 Å². The van der Waals surface area contributed by atoms with Crippen molar-refractivity contribution >= 4 is 11.3 Å². The number of thiazole rings is 1. The Balaban J connectivity index is 2.02. The van der Waals surface area contributed by atoms with Gasteiger partial charge in [0.25, 0.3) is 0 Å². The third-order valence-electron chi connectivity index (χ3n) is 3.89. The van der Waals surface area contributed by atoms with Crippen LogP contribution in [0.1, 0.15) is 43.9 Å². The minimum absolute atomic E-state index is 0.176. The molecule has 1 aliphatic carbocycles. The normalized spacial score (nSPS) is 21.7. The Morgan fingerprint density at radius 3 is 2.80 bits per heavy atom. The standard InChI is InChI=1S/C12H19NOS/c1-2-12(5-3-4-6-12)11(14)7-10-8-13-9-15-10/h8-9,11,14H,2-7H2,1H3. The van der Waals surface area contributed by atoms with E-state index in [1.807, 2.05) is 11.7 Å². The highest BCUT2D eigenvalue weighted by atomic mass is 32.1. The Morgan fingerprint density at radius 1 is 1.53 bits per heavy atom. The van der Waals surface area contributed by atoms with Crippen molar-refractivity contribution in [2.75, 3.05) is 0 Å². The average Bonchev–Trinajstić information content (AvgIpc) is 2.87. The molecule has 2 nitrogen and oxygen atoms in total. The predicted octanol–water partition coefficient (Wildman–Crippen LogP) is 3.02. The molecule has 84 valence electrons. The topological polar surface area (TPSA) is 33.1 Å². The molecule has 2 rings (SSSR count). The summed E-state index contributed by atoms with van der Waals surface area (Å²) in [4.78, 5) is 5.27. The van der Waals surface area contributed by atoms with Gasteiger partial charge in [-0.15, -0.1) is 11.3 Å². The van der Waals surface area contributed by atoms with Crippen molar-refractivity contribution in [3.8, 4) is 0 Å². The number of hydrogen-bond donors (Lipinski definition) is 1. The number of aliphatic hydroxyl groups excluding tert-OH is 1. The maximum atomic E-state index is 10.4. The van der Waals surface area contributed by atoms with Crippen LogP contribution in [0.4, 0.5) is 0 Å². The van der Waals surface area contributed by atoms with Gasteiger partial charge in [-0.05, 0) is 24.7 Å². The van der Waals surface area contributed by atoms with Crippen LogP contribution in [-0.4, -0.2) is 16.2 Å². The van der Waals surface area contributed by atoms with Crippen LogP contribution in [-0.2, 0) is 6.42 Å². The first-order chi connectivity index (χ1) is 7.27. The third kappa shape index (κ3) is 2.23. The van der Waals surface area contributed by atoms with E-state index < -0.39 is 0 Å². The first-order valence-corrected chi connectivity index (χ1v) is 6.70. The van der Waals surface area contributed by atoms with Crippen LogP contribution >= 0.6 is 11.3 Å².